The Morgan fingerprint density at radius 2 is 2.24 bits per heavy atom. The summed E-state index contributed by atoms with van der Waals surface area (Å²) in [5, 5.41) is 9.71. The summed E-state index contributed by atoms with van der Waals surface area (Å²) in [4.78, 5) is 14.0. The Morgan fingerprint density at radius 3 is 2.90 bits per heavy atom. The van der Waals surface area contributed by atoms with Crippen LogP contribution in [-0.2, 0) is 4.79 Å². The lowest BCUT2D eigenvalue weighted by Gasteiger charge is -2.33. The molecule has 1 heterocycles. The van der Waals surface area contributed by atoms with Gasteiger partial charge in [-0.05, 0) is 37.5 Å². The SMILES string of the molecule is COc1ccc(C)cc1/C=C/C(=O)N1CCC(O)C(C)C1. The number of hydrogen-bond acceptors (Lipinski definition) is 3. The van der Waals surface area contributed by atoms with Crippen LogP contribution in [0.2, 0.25) is 0 Å². The molecule has 1 fully saturated rings. The van der Waals surface area contributed by atoms with Crippen molar-refractivity contribution in [3.63, 3.8) is 0 Å². The van der Waals surface area contributed by atoms with Gasteiger partial charge in [0, 0.05) is 24.7 Å². The van der Waals surface area contributed by atoms with Gasteiger partial charge in [-0.1, -0.05) is 18.6 Å². The number of carbonyl (C=O) groups excluding carboxylic acids is 1. The third-order valence-electron chi connectivity index (χ3n) is 3.96. The molecule has 0 radical (unpaired) electrons. The molecule has 1 saturated heterocycles. The van der Waals surface area contributed by atoms with E-state index in [4.69, 9.17) is 4.74 Å². The zero-order valence-corrected chi connectivity index (χ0v) is 12.9. The second kappa shape index (κ2) is 6.76. The number of ether oxygens (including phenoxy) is 1. The summed E-state index contributed by atoms with van der Waals surface area (Å²) in [6.45, 7) is 5.19. The van der Waals surface area contributed by atoms with E-state index in [0.29, 0.717) is 19.5 Å². The van der Waals surface area contributed by atoms with E-state index in [2.05, 4.69) is 0 Å². The van der Waals surface area contributed by atoms with Gasteiger partial charge in [0.1, 0.15) is 5.75 Å². The monoisotopic (exact) mass is 289 g/mol. The molecule has 1 N–H and O–H groups in total. The van der Waals surface area contributed by atoms with Gasteiger partial charge in [-0.3, -0.25) is 4.79 Å². The number of likely N-dealkylation sites (tertiary alicyclic amines) is 1. The first-order valence-corrected chi connectivity index (χ1v) is 7.31. The van der Waals surface area contributed by atoms with Crippen molar-refractivity contribution in [2.75, 3.05) is 20.2 Å². The first kappa shape index (κ1) is 15.6. The van der Waals surface area contributed by atoms with E-state index in [1.807, 2.05) is 32.0 Å². The normalized spacial score (nSPS) is 22.6. The maximum atomic E-state index is 12.2. The first-order chi connectivity index (χ1) is 10.0. The minimum absolute atomic E-state index is 0.0164. The number of aliphatic hydroxyl groups is 1. The highest BCUT2D eigenvalue weighted by molar-refractivity contribution is 5.92. The largest absolute Gasteiger partial charge is 0.496 e. The molecule has 2 atom stereocenters. The van der Waals surface area contributed by atoms with Crippen molar-refractivity contribution in [1.82, 2.24) is 4.90 Å². The molecular weight excluding hydrogens is 266 g/mol. The molecule has 4 heteroatoms. The molecule has 1 amide bonds. The fraction of sp³-hybridized carbons (Fsp3) is 0.471. The van der Waals surface area contributed by atoms with E-state index in [1.165, 1.54) is 0 Å². The summed E-state index contributed by atoms with van der Waals surface area (Å²) in [6.07, 6.45) is 3.73. The van der Waals surface area contributed by atoms with Crippen LogP contribution in [0.15, 0.2) is 24.3 Å². The van der Waals surface area contributed by atoms with Crippen LogP contribution in [0.4, 0.5) is 0 Å². The molecule has 4 nitrogen and oxygen atoms in total. The Morgan fingerprint density at radius 1 is 1.48 bits per heavy atom. The predicted octanol–water partition coefficient (Wildman–Crippen LogP) is 2.25. The van der Waals surface area contributed by atoms with Crippen LogP contribution in [0, 0.1) is 12.8 Å². The number of rotatable bonds is 3. The average molecular weight is 289 g/mol. The molecule has 21 heavy (non-hydrogen) atoms. The van der Waals surface area contributed by atoms with Crippen LogP contribution >= 0.6 is 0 Å². The van der Waals surface area contributed by atoms with E-state index >= 15 is 0 Å². The van der Waals surface area contributed by atoms with Crippen LogP contribution in [0.3, 0.4) is 0 Å². The number of benzene rings is 1. The van der Waals surface area contributed by atoms with Crippen molar-refractivity contribution >= 4 is 12.0 Å². The fourth-order valence-corrected chi connectivity index (χ4v) is 2.58. The molecule has 1 aromatic rings. The quantitative estimate of drug-likeness (QED) is 0.868. The van der Waals surface area contributed by atoms with Crippen molar-refractivity contribution < 1.29 is 14.6 Å². The Kier molecular flexibility index (Phi) is 5.02. The number of piperidine rings is 1. The topological polar surface area (TPSA) is 49.8 Å². The van der Waals surface area contributed by atoms with E-state index in [1.54, 1.807) is 24.2 Å². The molecule has 0 bridgehead atoms. The van der Waals surface area contributed by atoms with Gasteiger partial charge in [0.05, 0.1) is 13.2 Å². The van der Waals surface area contributed by atoms with Gasteiger partial charge in [-0.25, -0.2) is 0 Å². The molecule has 1 aromatic carbocycles. The van der Waals surface area contributed by atoms with Crippen molar-refractivity contribution in [1.29, 1.82) is 0 Å². The van der Waals surface area contributed by atoms with Crippen LogP contribution in [-0.4, -0.2) is 42.2 Å². The van der Waals surface area contributed by atoms with Gasteiger partial charge in [-0.15, -0.1) is 0 Å². The van der Waals surface area contributed by atoms with Crippen LogP contribution in [0.5, 0.6) is 5.75 Å². The Hall–Kier alpha value is -1.81. The summed E-state index contributed by atoms with van der Waals surface area (Å²) < 4.78 is 5.30. The third-order valence-corrected chi connectivity index (χ3v) is 3.96. The second-order valence-corrected chi connectivity index (χ2v) is 5.70. The number of aryl methyl sites for hydroxylation is 1. The lowest BCUT2D eigenvalue weighted by Crippen LogP contribution is -2.44. The molecule has 1 aliphatic rings. The zero-order chi connectivity index (χ0) is 15.4. The summed E-state index contributed by atoms with van der Waals surface area (Å²) in [6, 6.07) is 5.87. The van der Waals surface area contributed by atoms with Crippen LogP contribution < -0.4 is 4.74 Å². The molecule has 2 unspecified atom stereocenters. The summed E-state index contributed by atoms with van der Waals surface area (Å²) in [5.74, 6) is 0.869. The Bertz CT molecular complexity index is 539. The maximum Gasteiger partial charge on any atom is 0.246 e. The number of carbonyl (C=O) groups is 1. The number of hydrogen-bond donors (Lipinski definition) is 1. The van der Waals surface area contributed by atoms with E-state index < -0.39 is 0 Å². The van der Waals surface area contributed by atoms with Gasteiger partial charge in [0.15, 0.2) is 0 Å². The van der Waals surface area contributed by atoms with E-state index in [-0.39, 0.29) is 17.9 Å². The first-order valence-electron chi connectivity index (χ1n) is 7.31. The smallest absolute Gasteiger partial charge is 0.246 e. The predicted molar refractivity (Wildman–Crippen MR) is 83.1 cm³/mol. The van der Waals surface area contributed by atoms with Crippen LogP contribution in [0.1, 0.15) is 24.5 Å². The standard InChI is InChI=1S/C17H23NO3/c1-12-4-6-16(21-3)14(10-12)5-7-17(20)18-9-8-15(19)13(2)11-18/h4-7,10,13,15,19H,8-9,11H2,1-3H3/b7-5+. The molecule has 0 spiro atoms. The number of nitrogens with zero attached hydrogens (tertiary/aromatic N) is 1. The van der Waals surface area contributed by atoms with E-state index in [0.717, 1.165) is 16.9 Å². The van der Waals surface area contributed by atoms with E-state index in [9.17, 15) is 9.90 Å². The summed E-state index contributed by atoms with van der Waals surface area (Å²) >= 11 is 0. The molecular formula is C17H23NO3. The molecule has 114 valence electrons. The highest BCUT2D eigenvalue weighted by Crippen LogP contribution is 2.22. The minimum Gasteiger partial charge on any atom is -0.496 e. The van der Waals surface area contributed by atoms with Crippen LogP contribution in [0.25, 0.3) is 6.08 Å². The van der Waals surface area contributed by atoms with Gasteiger partial charge < -0.3 is 14.7 Å². The fourth-order valence-electron chi connectivity index (χ4n) is 2.58. The molecule has 0 aliphatic carbocycles. The third kappa shape index (κ3) is 3.85. The van der Waals surface area contributed by atoms with Gasteiger partial charge in [0.2, 0.25) is 5.91 Å². The van der Waals surface area contributed by atoms with Gasteiger partial charge in [0.25, 0.3) is 0 Å². The lowest BCUT2D eigenvalue weighted by molar-refractivity contribution is -0.129. The molecule has 0 saturated carbocycles. The maximum absolute atomic E-state index is 12.2. The summed E-state index contributed by atoms with van der Waals surface area (Å²) in [7, 11) is 1.62. The highest BCUT2D eigenvalue weighted by Gasteiger charge is 2.25. The second-order valence-electron chi connectivity index (χ2n) is 5.70. The number of aliphatic hydroxyl groups excluding tert-OH is 1. The van der Waals surface area contributed by atoms with Gasteiger partial charge >= 0.3 is 0 Å². The Labute approximate surface area is 126 Å². The van der Waals surface area contributed by atoms with Crippen molar-refractivity contribution in [3.05, 3.63) is 35.4 Å². The van der Waals surface area contributed by atoms with Crippen molar-refractivity contribution in [2.45, 2.75) is 26.4 Å². The van der Waals surface area contributed by atoms with Gasteiger partial charge in [-0.2, -0.15) is 0 Å². The Balaban J connectivity index is 2.07. The minimum atomic E-state index is -0.296. The molecule has 1 aliphatic heterocycles. The molecule has 2 rings (SSSR count). The van der Waals surface area contributed by atoms with Crippen molar-refractivity contribution in [3.8, 4) is 5.75 Å². The highest BCUT2D eigenvalue weighted by atomic mass is 16.5. The lowest BCUT2D eigenvalue weighted by atomic mass is 9.97. The number of amides is 1. The van der Waals surface area contributed by atoms with Crippen molar-refractivity contribution in [2.24, 2.45) is 5.92 Å². The number of methoxy groups -OCH3 is 1. The average Bonchev–Trinajstić information content (AvgIpc) is 2.47. The molecule has 0 aromatic heterocycles. The summed E-state index contributed by atoms with van der Waals surface area (Å²) in [5.41, 5.74) is 2.02. The zero-order valence-electron chi connectivity index (χ0n) is 12.9.